The molecule has 0 saturated heterocycles. The number of aryl methyl sites for hydroxylation is 1. The zero-order valence-electron chi connectivity index (χ0n) is 7.26. The third-order valence-electron chi connectivity index (χ3n) is 1.53. The first-order chi connectivity index (χ1) is 5.77. The molecular weight excluding hydrogens is 156 g/mol. The Morgan fingerprint density at radius 3 is 3.00 bits per heavy atom. The molecule has 0 amide bonds. The zero-order chi connectivity index (χ0) is 8.97. The topological polar surface area (TPSA) is 55.1 Å². The summed E-state index contributed by atoms with van der Waals surface area (Å²) >= 11 is 0. The molecule has 1 aromatic rings. The number of likely N-dealkylation sites (N-methyl/N-ethyl adjacent to an activating group) is 1. The van der Waals surface area contributed by atoms with Crippen molar-refractivity contribution in [2.24, 2.45) is 0 Å². The molecule has 1 N–H and O–H groups in total. The van der Waals surface area contributed by atoms with Gasteiger partial charge in [0.15, 0.2) is 11.5 Å². The average Bonchev–Trinajstić information content (AvgIpc) is 2.52. The molecule has 12 heavy (non-hydrogen) atoms. The van der Waals surface area contributed by atoms with Crippen molar-refractivity contribution in [2.45, 2.75) is 13.3 Å². The van der Waals surface area contributed by atoms with E-state index in [4.69, 9.17) is 4.52 Å². The molecule has 0 fully saturated rings. The number of nitrogens with zero attached hydrogens (tertiary/aromatic N) is 1. The lowest BCUT2D eigenvalue weighted by Crippen LogP contribution is -2.18. The van der Waals surface area contributed by atoms with Crippen LogP contribution in [0.3, 0.4) is 0 Å². The van der Waals surface area contributed by atoms with Crippen molar-refractivity contribution >= 4 is 5.78 Å². The van der Waals surface area contributed by atoms with Gasteiger partial charge in [-0.1, -0.05) is 12.1 Å². The van der Waals surface area contributed by atoms with E-state index in [-0.39, 0.29) is 5.78 Å². The number of aromatic nitrogens is 1. The number of rotatable bonds is 4. The fraction of sp³-hybridized carbons (Fsp3) is 0.500. The fourth-order valence-corrected chi connectivity index (χ4v) is 0.862. The summed E-state index contributed by atoms with van der Waals surface area (Å²) in [6, 6.07) is 1.68. The maximum absolute atomic E-state index is 11.2. The summed E-state index contributed by atoms with van der Waals surface area (Å²) in [5.41, 5.74) is 0.404. The van der Waals surface area contributed by atoms with Gasteiger partial charge in [-0.2, -0.15) is 0 Å². The van der Waals surface area contributed by atoms with Gasteiger partial charge in [0, 0.05) is 12.5 Å². The lowest BCUT2D eigenvalue weighted by molar-refractivity contribution is 0.0985. The molecule has 0 spiro atoms. The van der Waals surface area contributed by atoms with Gasteiger partial charge in [-0.05, 0) is 7.05 Å². The minimum Gasteiger partial charge on any atom is -0.361 e. The Morgan fingerprint density at radius 1 is 1.75 bits per heavy atom. The van der Waals surface area contributed by atoms with E-state index in [1.165, 1.54) is 0 Å². The second-order valence-corrected chi connectivity index (χ2v) is 2.49. The number of nitrogens with one attached hydrogen (secondary N) is 1. The summed E-state index contributed by atoms with van der Waals surface area (Å²) in [4.78, 5) is 11.2. The van der Waals surface area contributed by atoms with Crippen molar-refractivity contribution in [1.29, 1.82) is 0 Å². The number of Topliss-reactive ketones (excluding diaryl/α,β-unsaturated/α-hetero) is 1. The van der Waals surface area contributed by atoms with Crippen LogP contribution >= 0.6 is 0 Å². The number of hydrogen-bond acceptors (Lipinski definition) is 4. The molecule has 0 aliphatic carbocycles. The number of carbonyl (C=O) groups is 1. The molecule has 1 rings (SSSR count). The highest BCUT2D eigenvalue weighted by Gasteiger charge is 2.09. The van der Waals surface area contributed by atoms with Crippen LogP contribution in [-0.4, -0.2) is 24.5 Å². The fourth-order valence-electron chi connectivity index (χ4n) is 0.862. The van der Waals surface area contributed by atoms with E-state index in [2.05, 4.69) is 10.5 Å². The Hall–Kier alpha value is -1.16. The third-order valence-corrected chi connectivity index (χ3v) is 1.53. The molecule has 0 aliphatic rings. The summed E-state index contributed by atoms with van der Waals surface area (Å²) in [5.74, 6) is 0.704. The van der Waals surface area contributed by atoms with Gasteiger partial charge >= 0.3 is 0 Å². The lowest BCUT2D eigenvalue weighted by Gasteiger charge is -1.91. The molecule has 1 heterocycles. The molecule has 0 saturated carbocycles. The Bertz CT molecular complexity index is 268. The van der Waals surface area contributed by atoms with Gasteiger partial charge < -0.3 is 9.84 Å². The number of carbonyl (C=O) groups excluding carboxylic acids is 1. The summed E-state index contributed by atoms with van der Waals surface area (Å²) in [5, 5.41) is 6.40. The Morgan fingerprint density at radius 2 is 2.50 bits per heavy atom. The van der Waals surface area contributed by atoms with E-state index in [0.29, 0.717) is 12.2 Å². The zero-order valence-corrected chi connectivity index (χ0v) is 7.26. The van der Waals surface area contributed by atoms with Crippen LogP contribution in [0.15, 0.2) is 10.6 Å². The summed E-state index contributed by atoms with van der Waals surface area (Å²) in [6.45, 7) is 2.25. The maximum atomic E-state index is 11.2. The Balaban J connectivity index is 2.68. The van der Waals surface area contributed by atoms with Crippen LogP contribution in [0.2, 0.25) is 0 Å². The van der Waals surface area contributed by atoms with E-state index in [9.17, 15) is 4.79 Å². The SMILES string of the molecule is CCc1cc(C(=O)CNC)no1. The van der Waals surface area contributed by atoms with E-state index in [1.54, 1.807) is 13.1 Å². The van der Waals surface area contributed by atoms with Crippen molar-refractivity contribution in [1.82, 2.24) is 10.5 Å². The number of hydrogen-bond donors (Lipinski definition) is 1. The van der Waals surface area contributed by atoms with Gasteiger partial charge in [-0.25, -0.2) is 0 Å². The smallest absolute Gasteiger partial charge is 0.198 e. The van der Waals surface area contributed by atoms with E-state index in [0.717, 1.165) is 12.2 Å². The van der Waals surface area contributed by atoms with Gasteiger partial charge in [-0.3, -0.25) is 4.79 Å². The Kier molecular flexibility index (Phi) is 2.99. The van der Waals surface area contributed by atoms with E-state index >= 15 is 0 Å². The second-order valence-electron chi connectivity index (χ2n) is 2.49. The highest BCUT2D eigenvalue weighted by molar-refractivity contribution is 5.95. The molecule has 0 radical (unpaired) electrons. The summed E-state index contributed by atoms with van der Waals surface area (Å²) < 4.78 is 4.88. The molecule has 4 heteroatoms. The van der Waals surface area contributed by atoms with Gasteiger partial charge in [0.25, 0.3) is 0 Å². The molecule has 0 aromatic carbocycles. The van der Waals surface area contributed by atoms with Crippen molar-refractivity contribution < 1.29 is 9.32 Å². The molecule has 0 bridgehead atoms. The molecule has 66 valence electrons. The molecular formula is C8H12N2O2. The van der Waals surface area contributed by atoms with Crippen molar-refractivity contribution in [3.63, 3.8) is 0 Å². The minimum atomic E-state index is -0.0408. The monoisotopic (exact) mass is 168 g/mol. The first-order valence-corrected chi connectivity index (χ1v) is 3.91. The molecule has 4 nitrogen and oxygen atoms in total. The maximum Gasteiger partial charge on any atom is 0.198 e. The Labute approximate surface area is 70.9 Å². The minimum absolute atomic E-state index is 0.0408. The molecule has 0 aliphatic heterocycles. The van der Waals surface area contributed by atoms with Crippen LogP contribution in [0.5, 0.6) is 0 Å². The average molecular weight is 168 g/mol. The number of ketones is 1. The first kappa shape index (κ1) is 8.93. The quantitative estimate of drug-likeness (QED) is 0.670. The second kappa shape index (κ2) is 4.01. The van der Waals surface area contributed by atoms with Crippen LogP contribution in [-0.2, 0) is 6.42 Å². The van der Waals surface area contributed by atoms with E-state index < -0.39 is 0 Å². The summed E-state index contributed by atoms with van der Waals surface area (Å²) in [7, 11) is 1.72. The van der Waals surface area contributed by atoms with Crippen LogP contribution in [0.4, 0.5) is 0 Å². The van der Waals surface area contributed by atoms with Gasteiger partial charge in [0.1, 0.15) is 5.76 Å². The van der Waals surface area contributed by atoms with E-state index in [1.807, 2.05) is 6.92 Å². The van der Waals surface area contributed by atoms with Crippen LogP contribution in [0.1, 0.15) is 23.2 Å². The van der Waals surface area contributed by atoms with Gasteiger partial charge in [0.2, 0.25) is 0 Å². The van der Waals surface area contributed by atoms with Crippen LogP contribution in [0, 0.1) is 0 Å². The van der Waals surface area contributed by atoms with Crippen LogP contribution in [0.25, 0.3) is 0 Å². The normalized spacial score (nSPS) is 10.2. The molecule has 0 unspecified atom stereocenters. The van der Waals surface area contributed by atoms with Crippen molar-refractivity contribution in [2.75, 3.05) is 13.6 Å². The third kappa shape index (κ3) is 1.92. The lowest BCUT2D eigenvalue weighted by atomic mass is 10.2. The van der Waals surface area contributed by atoms with Crippen LogP contribution < -0.4 is 5.32 Å². The largest absolute Gasteiger partial charge is 0.361 e. The standard InChI is InChI=1S/C8H12N2O2/c1-3-6-4-7(10-12-6)8(11)5-9-2/h4,9H,3,5H2,1-2H3. The summed E-state index contributed by atoms with van der Waals surface area (Å²) in [6.07, 6.45) is 0.764. The predicted molar refractivity (Wildman–Crippen MR) is 44.1 cm³/mol. The van der Waals surface area contributed by atoms with Crippen molar-refractivity contribution in [3.8, 4) is 0 Å². The van der Waals surface area contributed by atoms with Gasteiger partial charge in [0.05, 0.1) is 6.54 Å². The predicted octanol–water partition coefficient (Wildman–Crippen LogP) is 0.639. The molecule has 0 atom stereocenters. The first-order valence-electron chi connectivity index (χ1n) is 3.91. The van der Waals surface area contributed by atoms with Gasteiger partial charge in [-0.15, -0.1) is 0 Å². The van der Waals surface area contributed by atoms with Crippen molar-refractivity contribution in [3.05, 3.63) is 17.5 Å². The highest BCUT2D eigenvalue weighted by Crippen LogP contribution is 2.04. The molecule has 1 aromatic heterocycles. The highest BCUT2D eigenvalue weighted by atomic mass is 16.5.